The van der Waals surface area contributed by atoms with Crippen LogP contribution >= 0.6 is 12.2 Å². The molecule has 2 aromatic heterocycles. The van der Waals surface area contributed by atoms with E-state index >= 15 is 0 Å². The Hall–Kier alpha value is -2.10. The molecule has 0 radical (unpaired) electrons. The van der Waals surface area contributed by atoms with E-state index in [1.54, 1.807) is 18.3 Å². The number of ether oxygens (including phenoxy) is 1. The Labute approximate surface area is 115 Å². The summed E-state index contributed by atoms with van der Waals surface area (Å²) in [5.41, 5.74) is 2.07. The monoisotopic (exact) mass is 272 g/mol. The second kappa shape index (κ2) is 6.18. The van der Waals surface area contributed by atoms with Crippen LogP contribution in [-0.2, 0) is 11.3 Å². The minimum atomic E-state index is 0.374. The van der Waals surface area contributed by atoms with Crippen molar-refractivity contribution in [3.8, 4) is 17.3 Å². The maximum Gasteiger partial charge on any atom is 0.134 e. The molecule has 0 aliphatic rings. The van der Waals surface area contributed by atoms with Gasteiger partial charge in [0, 0.05) is 24.6 Å². The molecule has 96 valence electrons. The normalized spacial score (nSPS) is 10.1. The van der Waals surface area contributed by atoms with E-state index in [2.05, 4.69) is 21.0 Å². The third-order valence-electron chi connectivity index (χ3n) is 2.41. The van der Waals surface area contributed by atoms with Crippen molar-refractivity contribution in [3.63, 3.8) is 0 Å². The molecule has 0 unspecified atom stereocenters. The number of aromatic amines is 1. The second-order valence-electron chi connectivity index (χ2n) is 3.79. The molecule has 0 saturated heterocycles. The largest absolute Gasteiger partial charge is 0.374 e. The van der Waals surface area contributed by atoms with Gasteiger partial charge in [-0.25, -0.2) is 4.98 Å². The van der Waals surface area contributed by atoms with Gasteiger partial charge in [-0.15, -0.1) is 0 Å². The summed E-state index contributed by atoms with van der Waals surface area (Å²) < 4.78 is 5.78. The van der Waals surface area contributed by atoms with Gasteiger partial charge in [-0.3, -0.25) is 4.98 Å². The molecule has 0 aliphatic heterocycles. The summed E-state index contributed by atoms with van der Waals surface area (Å²) in [6.07, 6.45) is 3.19. The fourth-order valence-corrected chi connectivity index (χ4v) is 1.81. The Kier molecular flexibility index (Phi) is 4.34. The Balaban J connectivity index is 2.41. The Morgan fingerprint density at radius 3 is 3.00 bits per heavy atom. The van der Waals surface area contributed by atoms with Crippen LogP contribution in [0.1, 0.15) is 18.3 Å². The van der Waals surface area contributed by atoms with E-state index in [9.17, 15) is 0 Å². The van der Waals surface area contributed by atoms with Gasteiger partial charge in [0.05, 0.1) is 11.3 Å². The first kappa shape index (κ1) is 13.3. The molecule has 2 heterocycles. The van der Waals surface area contributed by atoms with Crippen LogP contribution in [0.15, 0.2) is 24.5 Å². The molecule has 0 fully saturated rings. The highest BCUT2D eigenvalue weighted by atomic mass is 32.1. The first-order valence-corrected chi connectivity index (χ1v) is 6.17. The number of nitrogens with one attached hydrogen (secondary N) is 1. The van der Waals surface area contributed by atoms with Crippen LogP contribution in [0.4, 0.5) is 0 Å². The summed E-state index contributed by atoms with van der Waals surface area (Å²) in [7, 11) is 0. The Morgan fingerprint density at radius 2 is 2.26 bits per heavy atom. The summed E-state index contributed by atoms with van der Waals surface area (Å²) in [6.45, 7) is 2.90. The smallest absolute Gasteiger partial charge is 0.134 e. The van der Waals surface area contributed by atoms with Crippen molar-refractivity contribution in [2.24, 2.45) is 0 Å². The van der Waals surface area contributed by atoms with Gasteiger partial charge in [0.15, 0.2) is 0 Å². The van der Waals surface area contributed by atoms with Crippen molar-refractivity contribution < 1.29 is 4.74 Å². The maximum atomic E-state index is 8.88. The molecule has 0 amide bonds. The number of hydrogen-bond acceptors (Lipinski definition) is 5. The summed E-state index contributed by atoms with van der Waals surface area (Å²) in [5.74, 6) is 0.659. The minimum absolute atomic E-state index is 0.374. The van der Waals surface area contributed by atoms with Crippen LogP contribution in [0.3, 0.4) is 0 Å². The van der Waals surface area contributed by atoms with E-state index in [1.165, 1.54) is 6.20 Å². The number of nitrogens with zero attached hydrogens (tertiary/aromatic N) is 3. The molecule has 19 heavy (non-hydrogen) atoms. The van der Waals surface area contributed by atoms with Gasteiger partial charge < -0.3 is 9.72 Å². The van der Waals surface area contributed by atoms with Crippen molar-refractivity contribution >= 4 is 12.2 Å². The van der Waals surface area contributed by atoms with Gasteiger partial charge in [0.1, 0.15) is 23.1 Å². The molecule has 2 aromatic rings. The van der Waals surface area contributed by atoms with Crippen LogP contribution in [0.2, 0.25) is 0 Å². The van der Waals surface area contributed by atoms with E-state index in [1.807, 2.05) is 6.92 Å². The lowest BCUT2D eigenvalue weighted by atomic mass is 10.1. The minimum Gasteiger partial charge on any atom is -0.374 e. The van der Waals surface area contributed by atoms with E-state index < -0.39 is 0 Å². The van der Waals surface area contributed by atoms with Crippen molar-refractivity contribution in [2.75, 3.05) is 6.61 Å². The molecule has 5 nitrogen and oxygen atoms in total. The number of nitriles is 1. The summed E-state index contributed by atoms with van der Waals surface area (Å²) in [6, 6.07) is 5.54. The fourth-order valence-electron chi connectivity index (χ4n) is 1.58. The number of rotatable bonds is 4. The van der Waals surface area contributed by atoms with Crippen molar-refractivity contribution in [1.29, 1.82) is 5.26 Å². The Bertz CT molecular complexity index is 675. The van der Waals surface area contributed by atoms with Gasteiger partial charge >= 0.3 is 0 Å². The zero-order valence-electron chi connectivity index (χ0n) is 10.4. The number of aromatic nitrogens is 3. The molecule has 0 aliphatic carbocycles. The van der Waals surface area contributed by atoms with E-state index in [4.69, 9.17) is 22.2 Å². The molecular weight excluding hydrogens is 260 g/mol. The van der Waals surface area contributed by atoms with Gasteiger partial charge in [0.25, 0.3) is 0 Å². The molecule has 0 bridgehead atoms. The van der Waals surface area contributed by atoms with Gasteiger partial charge in [0.2, 0.25) is 0 Å². The van der Waals surface area contributed by atoms with Crippen LogP contribution in [0.5, 0.6) is 0 Å². The molecule has 0 saturated carbocycles. The summed E-state index contributed by atoms with van der Waals surface area (Å²) >= 11 is 5.13. The highest BCUT2D eigenvalue weighted by Gasteiger charge is 2.04. The first-order valence-electron chi connectivity index (χ1n) is 5.76. The van der Waals surface area contributed by atoms with Crippen LogP contribution < -0.4 is 0 Å². The molecule has 0 atom stereocenters. The van der Waals surface area contributed by atoms with E-state index in [0.717, 1.165) is 11.3 Å². The predicted molar refractivity (Wildman–Crippen MR) is 72.7 cm³/mol. The van der Waals surface area contributed by atoms with Crippen molar-refractivity contribution in [2.45, 2.75) is 13.5 Å². The highest BCUT2D eigenvalue weighted by molar-refractivity contribution is 7.71. The second-order valence-corrected chi connectivity index (χ2v) is 4.21. The number of H-pyrrole nitrogens is 1. The zero-order chi connectivity index (χ0) is 13.7. The zero-order valence-corrected chi connectivity index (χ0v) is 11.2. The number of pyridine rings is 1. The topological polar surface area (TPSA) is 74.6 Å². The predicted octanol–water partition coefficient (Wildman–Crippen LogP) is 2.61. The van der Waals surface area contributed by atoms with Crippen molar-refractivity contribution in [1.82, 2.24) is 15.0 Å². The SMILES string of the molecule is CCOCc1nc(=S)cc(-c2cncc(C#N)c2)[nH]1. The molecule has 1 N–H and O–H groups in total. The van der Waals surface area contributed by atoms with Crippen molar-refractivity contribution in [3.05, 3.63) is 40.6 Å². The lowest BCUT2D eigenvalue weighted by Crippen LogP contribution is -2.00. The van der Waals surface area contributed by atoms with Gasteiger partial charge in [-0.1, -0.05) is 12.2 Å². The molecule has 0 aromatic carbocycles. The standard InChI is InChI=1S/C13H12N4OS/c1-2-18-8-12-16-11(4-13(19)17-12)10-3-9(5-14)6-15-7-10/h3-4,6-7H,2,8H2,1H3,(H,16,17,19). The molecule has 0 spiro atoms. The highest BCUT2D eigenvalue weighted by Crippen LogP contribution is 2.17. The van der Waals surface area contributed by atoms with Crippen LogP contribution in [-0.4, -0.2) is 21.6 Å². The average molecular weight is 272 g/mol. The summed E-state index contributed by atoms with van der Waals surface area (Å²) in [5, 5.41) is 8.88. The average Bonchev–Trinajstić information content (AvgIpc) is 2.44. The lowest BCUT2D eigenvalue weighted by molar-refractivity contribution is 0.128. The summed E-state index contributed by atoms with van der Waals surface area (Å²) in [4.78, 5) is 11.3. The third kappa shape index (κ3) is 3.44. The van der Waals surface area contributed by atoms with Crippen LogP contribution in [0, 0.1) is 16.0 Å². The number of hydrogen-bond donors (Lipinski definition) is 1. The van der Waals surface area contributed by atoms with E-state index in [0.29, 0.717) is 29.2 Å². The quantitative estimate of drug-likeness (QED) is 0.866. The van der Waals surface area contributed by atoms with Gasteiger partial charge in [-0.2, -0.15) is 5.26 Å². The lowest BCUT2D eigenvalue weighted by Gasteiger charge is -2.06. The maximum absolute atomic E-state index is 8.88. The first-order chi connectivity index (χ1) is 9.22. The third-order valence-corrected chi connectivity index (χ3v) is 2.62. The fraction of sp³-hybridized carbons (Fsp3) is 0.231. The molecular formula is C13H12N4OS. The van der Waals surface area contributed by atoms with Gasteiger partial charge in [-0.05, 0) is 19.1 Å². The molecule has 6 heteroatoms. The molecule has 2 rings (SSSR count). The Morgan fingerprint density at radius 1 is 1.42 bits per heavy atom. The van der Waals surface area contributed by atoms with E-state index in [-0.39, 0.29) is 0 Å². The van der Waals surface area contributed by atoms with Crippen LogP contribution in [0.25, 0.3) is 11.3 Å².